The van der Waals surface area contributed by atoms with Gasteiger partial charge < -0.3 is 23.7 Å². The molecule has 0 amide bonds. The molecule has 5 aliphatic carbocycles. The van der Waals surface area contributed by atoms with Gasteiger partial charge in [-0.25, -0.2) is 0 Å². The van der Waals surface area contributed by atoms with Crippen molar-refractivity contribution in [2.45, 2.75) is 326 Å². The topological polar surface area (TPSA) is 46.2 Å². The van der Waals surface area contributed by atoms with Crippen LogP contribution < -0.4 is 23.7 Å². The summed E-state index contributed by atoms with van der Waals surface area (Å²) in [5.74, 6) is 42.4. The van der Waals surface area contributed by atoms with E-state index in [1.165, 1.54) is 188 Å². The van der Waals surface area contributed by atoms with Crippen LogP contribution in [0, 0.1) is 88.8 Å². The van der Waals surface area contributed by atoms with Crippen molar-refractivity contribution in [3.05, 3.63) is 207 Å². The van der Waals surface area contributed by atoms with Crippen LogP contribution in [0.15, 0.2) is 180 Å². The molecule has 5 nitrogen and oxygen atoms in total. The molecule has 0 radical (unpaired) electrons. The Morgan fingerprint density at radius 3 is 0.652 bits per heavy atom. The summed E-state index contributed by atoms with van der Waals surface area (Å²) in [4.78, 5) is 0. The standard InChI is InChI=1S/C24H34O.C23H32O.C22H30O.C21H28O.C20H26O/c1-3-5-7-8-9-21-10-12-22(13-11-21)14-15-23-16-18-24(19-17-23)25-20-6-4-2;1-3-5-7-8-20-9-11-21(12-10-20)13-14-22-15-17-23(18-16-22)24-19-6-4-2;1-3-5-7-19-8-10-20(11-9-19)12-13-21-14-16-22(17-15-21)23-18-6-4-2;1-3-5-17-22-21-15-13-20(14-16-21)12-11-19-9-7-18(6-4-2)8-10-19;1-3-5-16-21-20-14-12-19(13-15-20)11-10-18-8-6-17(4-2)7-9-18/h12,16-19,21H,3-11,13,20H2,1-2H3;11,15-18,20H,3-10,12,19H2,1-2H3;10,14-17,19H,3-9,11,18H2,1-2H3;9,13-16,18H,3-8,10,17H2,1-2H3;8,12-15,17H,3-7,9,16H2,1-2H3. The summed E-state index contributed by atoms with van der Waals surface area (Å²) in [6.45, 7) is 26.2. The lowest BCUT2D eigenvalue weighted by Gasteiger charge is -2.19. The van der Waals surface area contributed by atoms with Gasteiger partial charge in [0.25, 0.3) is 0 Å². The van der Waals surface area contributed by atoms with Gasteiger partial charge in [0.15, 0.2) is 0 Å². The Labute approximate surface area is 703 Å². The quantitative estimate of drug-likeness (QED) is 0.0299. The summed E-state index contributed by atoms with van der Waals surface area (Å²) < 4.78 is 28.4. The molecule has 5 aromatic rings. The first kappa shape index (κ1) is 95.4. The van der Waals surface area contributed by atoms with E-state index in [-0.39, 0.29) is 0 Å². The van der Waals surface area contributed by atoms with Crippen molar-refractivity contribution in [2.24, 2.45) is 29.6 Å². The van der Waals surface area contributed by atoms with Gasteiger partial charge in [-0.15, -0.1) is 0 Å². The van der Waals surface area contributed by atoms with E-state index >= 15 is 0 Å². The monoisotopic (exact) mass is 1550 g/mol. The van der Waals surface area contributed by atoms with Gasteiger partial charge in [-0.1, -0.05) is 287 Å². The minimum absolute atomic E-state index is 0.799. The van der Waals surface area contributed by atoms with Crippen molar-refractivity contribution in [3.63, 3.8) is 0 Å². The molecule has 10 rings (SSSR count). The molecule has 5 aliphatic rings. The fraction of sp³-hybridized carbons (Fsp3) is 0.545. The maximum Gasteiger partial charge on any atom is 0.119 e. The molecule has 0 fully saturated rings. The van der Waals surface area contributed by atoms with Crippen LogP contribution in [0.5, 0.6) is 28.7 Å². The highest BCUT2D eigenvalue weighted by Gasteiger charge is 2.17. The zero-order valence-electron chi connectivity index (χ0n) is 73.7. The highest BCUT2D eigenvalue weighted by Crippen LogP contribution is 2.32. The van der Waals surface area contributed by atoms with E-state index in [1.54, 1.807) is 0 Å². The maximum atomic E-state index is 5.70. The molecular weight excluding hydrogens is 1400 g/mol. The maximum absolute atomic E-state index is 5.70. The third kappa shape index (κ3) is 43.4. The van der Waals surface area contributed by atoms with E-state index in [1.807, 2.05) is 72.8 Å². The zero-order valence-corrected chi connectivity index (χ0v) is 73.7. The molecule has 0 aliphatic heterocycles. The van der Waals surface area contributed by atoms with Gasteiger partial charge in [0, 0.05) is 27.8 Å². The third-order valence-electron chi connectivity index (χ3n) is 22.5. The van der Waals surface area contributed by atoms with Crippen LogP contribution in [0.2, 0.25) is 0 Å². The van der Waals surface area contributed by atoms with E-state index in [4.69, 9.17) is 23.7 Å². The summed E-state index contributed by atoms with van der Waals surface area (Å²) in [5, 5.41) is 0. The second kappa shape index (κ2) is 61.9. The Morgan fingerprint density at radius 2 is 0.435 bits per heavy atom. The average molecular weight is 1550 g/mol. The Kier molecular flexibility index (Phi) is 51.4. The minimum Gasteiger partial charge on any atom is -0.494 e. The van der Waals surface area contributed by atoms with Crippen LogP contribution in [0.25, 0.3) is 0 Å². The lowest BCUT2D eigenvalue weighted by atomic mass is 9.86. The zero-order chi connectivity index (χ0) is 81.7. The van der Waals surface area contributed by atoms with Gasteiger partial charge in [-0.05, 0) is 307 Å². The number of hydrogen-bond acceptors (Lipinski definition) is 5. The van der Waals surface area contributed by atoms with Crippen LogP contribution in [-0.2, 0) is 0 Å². The molecule has 0 spiro atoms. The fourth-order valence-electron chi connectivity index (χ4n) is 14.5. The molecule has 115 heavy (non-hydrogen) atoms. The van der Waals surface area contributed by atoms with Gasteiger partial charge in [0.2, 0.25) is 0 Å². The predicted octanol–water partition coefficient (Wildman–Crippen LogP) is 30.7. The minimum atomic E-state index is 0.799. The molecule has 5 heteroatoms. The van der Waals surface area contributed by atoms with Crippen LogP contribution in [0.3, 0.4) is 0 Å². The number of benzene rings is 5. The Bertz CT molecular complexity index is 3910. The highest BCUT2D eigenvalue weighted by molar-refractivity contribution is 5.48. The summed E-state index contributed by atoms with van der Waals surface area (Å²) in [7, 11) is 0. The van der Waals surface area contributed by atoms with Crippen LogP contribution in [0.1, 0.15) is 354 Å². The molecule has 5 atom stereocenters. The second-order valence-electron chi connectivity index (χ2n) is 32.4. The third-order valence-corrected chi connectivity index (χ3v) is 22.5. The smallest absolute Gasteiger partial charge is 0.119 e. The van der Waals surface area contributed by atoms with Gasteiger partial charge in [-0.3, -0.25) is 0 Å². The Hall–Kier alpha value is -8.40. The van der Waals surface area contributed by atoms with Crippen molar-refractivity contribution < 1.29 is 23.7 Å². The normalized spacial score (nSPS) is 17.1. The van der Waals surface area contributed by atoms with E-state index < -0.39 is 0 Å². The first-order valence-corrected chi connectivity index (χ1v) is 46.3. The molecular formula is C110H150O5. The fourth-order valence-corrected chi connectivity index (χ4v) is 14.5. The SMILES string of the molecule is CCCCCC1CC=C(C#Cc2ccc(OCCCC)cc2)CC1.CCCCCCC1CC=C(C#Cc2ccc(OCCCC)cc2)CC1.CCCCOc1ccc(C#CC2=CCC(CC)CC2)cc1.CCCCOc1ccc(C#CC2=CCC(CCC)CC2)cc1.CCCCOc1ccc(C#CC2=CCC(CCCC)CC2)cc1. The first-order chi connectivity index (χ1) is 56.6. The molecule has 0 saturated heterocycles. The van der Waals surface area contributed by atoms with Gasteiger partial charge in [0.05, 0.1) is 33.0 Å². The summed E-state index contributed by atoms with van der Waals surface area (Å²) >= 11 is 0. The van der Waals surface area contributed by atoms with Crippen LogP contribution in [-0.4, -0.2) is 33.0 Å². The van der Waals surface area contributed by atoms with E-state index in [0.29, 0.717) is 0 Å². The summed E-state index contributed by atoms with van der Waals surface area (Å²) in [6, 6.07) is 40.8. The predicted molar refractivity (Wildman–Crippen MR) is 493 cm³/mol. The lowest BCUT2D eigenvalue weighted by Crippen LogP contribution is -2.05. The summed E-state index contributed by atoms with van der Waals surface area (Å²) in [5.41, 5.74) is 11.9. The largest absolute Gasteiger partial charge is 0.494 e. The van der Waals surface area contributed by atoms with Crippen molar-refractivity contribution in [2.75, 3.05) is 33.0 Å². The van der Waals surface area contributed by atoms with Crippen molar-refractivity contribution in [1.29, 1.82) is 0 Å². The number of ether oxygens (including phenoxy) is 5. The number of unbranched alkanes of at least 4 members (excludes halogenated alkanes) is 11. The Morgan fingerprint density at radius 1 is 0.217 bits per heavy atom. The molecule has 5 unspecified atom stereocenters. The van der Waals surface area contributed by atoms with Gasteiger partial charge in [0.1, 0.15) is 28.7 Å². The van der Waals surface area contributed by atoms with E-state index in [0.717, 1.165) is 216 Å². The average Bonchev–Trinajstić information content (AvgIpc) is 0.902. The molecule has 0 saturated carbocycles. The van der Waals surface area contributed by atoms with Crippen LogP contribution in [0.4, 0.5) is 0 Å². The molecule has 0 aromatic heterocycles. The van der Waals surface area contributed by atoms with Gasteiger partial charge in [-0.2, -0.15) is 0 Å². The Balaban J connectivity index is 0.000000224. The number of rotatable bonds is 35. The van der Waals surface area contributed by atoms with Crippen LogP contribution >= 0.6 is 0 Å². The molecule has 0 N–H and O–H groups in total. The lowest BCUT2D eigenvalue weighted by molar-refractivity contribution is 0.309. The number of hydrogen-bond donors (Lipinski definition) is 0. The summed E-state index contributed by atoms with van der Waals surface area (Å²) in [6.07, 6.45) is 61.9. The van der Waals surface area contributed by atoms with E-state index in [2.05, 4.69) is 207 Å². The molecule has 0 heterocycles. The molecule has 0 bridgehead atoms. The molecule has 5 aromatic carbocycles. The van der Waals surface area contributed by atoms with Crippen molar-refractivity contribution >= 4 is 0 Å². The van der Waals surface area contributed by atoms with Crippen molar-refractivity contribution in [3.8, 4) is 88.0 Å². The highest BCUT2D eigenvalue weighted by atomic mass is 16.5. The molecule has 620 valence electrons. The first-order valence-electron chi connectivity index (χ1n) is 46.3. The van der Waals surface area contributed by atoms with Crippen molar-refractivity contribution in [1.82, 2.24) is 0 Å². The van der Waals surface area contributed by atoms with Gasteiger partial charge >= 0.3 is 0 Å². The second-order valence-corrected chi connectivity index (χ2v) is 32.4. The number of allylic oxidation sites excluding steroid dienone is 10. The van der Waals surface area contributed by atoms with E-state index in [9.17, 15) is 0 Å².